The molecule has 0 aromatic carbocycles. The second kappa shape index (κ2) is 5.29. The van der Waals surface area contributed by atoms with E-state index in [0.717, 1.165) is 26.1 Å². The van der Waals surface area contributed by atoms with Crippen molar-refractivity contribution in [1.29, 1.82) is 0 Å². The normalized spacial score (nSPS) is 30.6. The lowest BCUT2D eigenvalue weighted by Crippen LogP contribution is -2.49. The van der Waals surface area contributed by atoms with Crippen molar-refractivity contribution in [3.8, 4) is 0 Å². The second-order valence-corrected chi connectivity index (χ2v) is 7.56. The van der Waals surface area contributed by atoms with E-state index >= 15 is 0 Å². The first-order valence-corrected chi connectivity index (χ1v) is 8.85. The van der Waals surface area contributed by atoms with Crippen LogP contribution in [-0.2, 0) is 4.74 Å². The van der Waals surface area contributed by atoms with Gasteiger partial charge in [0.25, 0.3) is 0 Å². The van der Waals surface area contributed by atoms with Gasteiger partial charge in [0.15, 0.2) is 0 Å². The first-order chi connectivity index (χ1) is 10.3. The topological polar surface area (TPSA) is 41.6 Å². The number of amides is 2. The van der Waals surface area contributed by atoms with E-state index < -0.39 is 0 Å². The summed E-state index contributed by atoms with van der Waals surface area (Å²) in [6.45, 7) is 3.10. The zero-order valence-electron chi connectivity index (χ0n) is 12.2. The SMILES string of the molecule is O=C(N[C@@H]1C[C@H]1c1ccsc1)N1CCOCC2(CCC2)C1. The Morgan fingerprint density at radius 2 is 2.38 bits per heavy atom. The third kappa shape index (κ3) is 2.69. The lowest BCUT2D eigenvalue weighted by Gasteiger charge is -2.42. The fourth-order valence-electron chi connectivity index (χ4n) is 3.60. The summed E-state index contributed by atoms with van der Waals surface area (Å²) in [6.07, 6.45) is 4.77. The molecule has 1 saturated heterocycles. The summed E-state index contributed by atoms with van der Waals surface area (Å²) in [6, 6.07) is 2.60. The fraction of sp³-hybridized carbons (Fsp3) is 0.688. The van der Waals surface area contributed by atoms with E-state index in [1.807, 2.05) is 4.90 Å². The predicted octanol–water partition coefficient (Wildman–Crippen LogP) is 2.82. The van der Waals surface area contributed by atoms with Gasteiger partial charge in [0, 0.05) is 30.5 Å². The highest BCUT2D eigenvalue weighted by Gasteiger charge is 2.44. The Labute approximate surface area is 129 Å². The van der Waals surface area contributed by atoms with E-state index in [0.29, 0.717) is 18.6 Å². The predicted molar refractivity (Wildman–Crippen MR) is 82.7 cm³/mol. The maximum atomic E-state index is 12.5. The third-order valence-corrected chi connectivity index (χ3v) is 5.91. The van der Waals surface area contributed by atoms with Gasteiger partial charge >= 0.3 is 6.03 Å². The number of carbonyl (C=O) groups is 1. The van der Waals surface area contributed by atoms with Crippen LogP contribution in [0.2, 0.25) is 0 Å². The van der Waals surface area contributed by atoms with Crippen LogP contribution in [-0.4, -0.2) is 43.3 Å². The number of hydrogen-bond donors (Lipinski definition) is 1. The van der Waals surface area contributed by atoms with Crippen LogP contribution < -0.4 is 5.32 Å². The maximum Gasteiger partial charge on any atom is 0.317 e. The largest absolute Gasteiger partial charge is 0.379 e. The molecular formula is C16H22N2O2S. The number of thiophene rings is 1. The van der Waals surface area contributed by atoms with Crippen molar-refractivity contribution in [1.82, 2.24) is 10.2 Å². The third-order valence-electron chi connectivity index (χ3n) is 5.21. The summed E-state index contributed by atoms with van der Waals surface area (Å²) in [5.74, 6) is 0.529. The molecule has 3 fully saturated rings. The summed E-state index contributed by atoms with van der Waals surface area (Å²) < 4.78 is 5.71. The lowest BCUT2D eigenvalue weighted by molar-refractivity contribution is 0.0126. The van der Waals surface area contributed by atoms with Crippen LogP contribution in [0.4, 0.5) is 4.79 Å². The van der Waals surface area contributed by atoms with E-state index in [4.69, 9.17) is 4.74 Å². The van der Waals surface area contributed by atoms with Gasteiger partial charge in [-0.15, -0.1) is 0 Å². The van der Waals surface area contributed by atoms with E-state index in [1.54, 1.807) is 11.3 Å². The Morgan fingerprint density at radius 3 is 3.10 bits per heavy atom. The number of ether oxygens (including phenoxy) is 1. The minimum Gasteiger partial charge on any atom is -0.379 e. The Hall–Kier alpha value is -1.07. The molecule has 2 heterocycles. The van der Waals surface area contributed by atoms with Gasteiger partial charge in [-0.1, -0.05) is 6.42 Å². The molecule has 2 amide bonds. The molecule has 21 heavy (non-hydrogen) atoms. The summed E-state index contributed by atoms with van der Waals surface area (Å²) in [5.41, 5.74) is 1.63. The van der Waals surface area contributed by atoms with Gasteiger partial charge in [-0.25, -0.2) is 4.79 Å². The number of nitrogens with zero attached hydrogens (tertiary/aromatic N) is 1. The average molecular weight is 306 g/mol. The van der Waals surface area contributed by atoms with Crippen LogP contribution in [0.1, 0.15) is 37.2 Å². The summed E-state index contributed by atoms with van der Waals surface area (Å²) in [4.78, 5) is 14.5. The average Bonchev–Trinajstić information content (AvgIpc) is 3.07. The van der Waals surface area contributed by atoms with Crippen molar-refractivity contribution in [3.05, 3.63) is 22.4 Å². The van der Waals surface area contributed by atoms with E-state index in [1.165, 1.54) is 24.8 Å². The Kier molecular flexibility index (Phi) is 3.42. The number of nitrogens with one attached hydrogen (secondary N) is 1. The fourth-order valence-corrected chi connectivity index (χ4v) is 4.33. The first kappa shape index (κ1) is 13.6. The molecule has 0 radical (unpaired) electrons. The van der Waals surface area contributed by atoms with E-state index in [9.17, 15) is 4.79 Å². The van der Waals surface area contributed by atoms with Crippen LogP contribution in [0.15, 0.2) is 16.8 Å². The molecule has 1 aromatic heterocycles. The molecule has 1 aliphatic heterocycles. The van der Waals surface area contributed by atoms with Gasteiger partial charge in [-0.3, -0.25) is 0 Å². The standard InChI is InChI=1S/C16H22N2O2S/c19-15(17-14-8-13(14)12-2-7-21-9-12)18-5-6-20-11-16(10-18)3-1-4-16/h2,7,9,13-14H,1,3-6,8,10-11H2,(H,17,19)/t13-,14+/m0/s1. The van der Waals surface area contributed by atoms with Crippen LogP contribution in [0.25, 0.3) is 0 Å². The van der Waals surface area contributed by atoms with Gasteiger partial charge in [0.1, 0.15) is 0 Å². The molecule has 2 atom stereocenters. The highest BCUT2D eigenvalue weighted by Crippen LogP contribution is 2.44. The van der Waals surface area contributed by atoms with E-state index in [-0.39, 0.29) is 11.4 Å². The van der Waals surface area contributed by atoms with Crippen LogP contribution in [0.3, 0.4) is 0 Å². The molecule has 1 aromatic rings. The smallest absolute Gasteiger partial charge is 0.317 e. The minimum absolute atomic E-state index is 0.106. The zero-order valence-corrected chi connectivity index (χ0v) is 13.0. The van der Waals surface area contributed by atoms with Crippen molar-refractivity contribution in [2.75, 3.05) is 26.3 Å². The molecule has 3 aliphatic rings. The van der Waals surface area contributed by atoms with Crippen LogP contribution in [0, 0.1) is 5.41 Å². The van der Waals surface area contributed by atoms with Crippen molar-refractivity contribution >= 4 is 17.4 Å². The quantitative estimate of drug-likeness (QED) is 0.913. The first-order valence-electron chi connectivity index (χ1n) is 7.91. The van der Waals surface area contributed by atoms with Crippen molar-refractivity contribution in [3.63, 3.8) is 0 Å². The molecule has 1 N–H and O–H groups in total. The molecule has 5 heteroatoms. The number of carbonyl (C=O) groups excluding carboxylic acids is 1. The minimum atomic E-state index is 0.106. The van der Waals surface area contributed by atoms with Gasteiger partial charge in [0.2, 0.25) is 0 Å². The van der Waals surface area contributed by atoms with Crippen LogP contribution >= 0.6 is 11.3 Å². The zero-order chi connectivity index (χ0) is 14.3. The molecule has 1 spiro atoms. The van der Waals surface area contributed by atoms with Gasteiger partial charge in [-0.05, 0) is 41.7 Å². The summed E-state index contributed by atoms with van der Waals surface area (Å²) >= 11 is 1.73. The number of urea groups is 1. The monoisotopic (exact) mass is 306 g/mol. The van der Waals surface area contributed by atoms with Gasteiger partial charge in [-0.2, -0.15) is 11.3 Å². The summed E-state index contributed by atoms with van der Waals surface area (Å²) in [5, 5.41) is 7.52. The highest BCUT2D eigenvalue weighted by molar-refractivity contribution is 7.08. The number of rotatable bonds is 2. The van der Waals surface area contributed by atoms with Gasteiger partial charge in [0.05, 0.1) is 13.2 Å². The summed E-state index contributed by atoms with van der Waals surface area (Å²) in [7, 11) is 0. The molecule has 2 saturated carbocycles. The second-order valence-electron chi connectivity index (χ2n) is 6.78. The van der Waals surface area contributed by atoms with Gasteiger partial charge < -0.3 is 15.0 Å². The molecule has 2 aliphatic carbocycles. The molecule has 0 bridgehead atoms. The number of hydrogen-bond acceptors (Lipinski definition) is 3. The Morgan fingerprint density at radius 1 is 1.48 bits per heavy atom. The lowest BCUT2D eigenvalue weighted by atomic mass is 9.69. The van der Waals surface area contributed by atoms with Crippen molar-refractivity contribution < 1.29 is 9.53 Å². The molecular weight excluding hydrogens is 284 g/mol. The Balaban J connectivity index is 1.34. The van der Waals surface area contributed by atoms with E-state index in [2.05, 4.69) is 22.1 Å². The Bertz CT molecular complexity index is 512. The highest BCUT2D eigenvalue weighted by atomic mass is 32.1. The molecule has 114 valence electrons. The van der Waals surface area contributed by atoms with Crippen molar-refractivity contribution in [2.45, 2.75) is 37.6 Å². The van der Waals surface area contributed by atoms with Crippen molar-refractivity contribution in [2.24, 2.45) is 5.41 Å². The molecule has 4 rings (SSSR count). The van der Waals surface area contributed by atoms with Crippen LogP contribution in [0.5, 0.6) is 0 Å². The molecule has 4 nitrogen and oxygen atoms in total. The maximum absolute atomic E-state index is 12.5. The molecule has 0 unspecified atom stereocenters.